The summed E-state index contributed by atoms with van der Waals surface area (Å²) in [5.41, 5.74) is 5.31. The average Bonchev–Trinajstić information content (AvgIpc) is 2.17. The highest BCUT2D eigenvalue weighted by Crippen LogP contribution is 2.19. The molecule has 0 aromatic heterocycles. The second kappa shape index (κ2) is 4.80. The van der Waals surface area contributed by atoms with E-state index in [4.69, 9.17) is 17.3 Å². The van der Waals surface area contributed by atoms with Gasteiger partial charge in [0.2, 0.25) is 0 Å². The van der Waals surface area contributed by atoms with Gasteiger partial charge >= 0.3 is 0 Å². The Labute approximate surface area is 98.8 Å². The molecule has 0 aliphatic rings. The molecular formula is C11H14ClFN2O. The lowest BCUT2D eigenvalue weighted by molar-refractivity contribution is 0.0946. The van der Waals surface area contributed by atoms with Crippen molar-refractivity contribution in [3.63, 3.8) is 0 Å². The number of halogens is 2. The van der Waals surface area contributed by atoms with Crippen molar-refractivity contribution in [1.29, 1.82) is 0 Å². The van der Waals surface area contributed by atoms with Crippen LogP contribution in [0.2, 0.25) is 5.02 Å². The first kappa shape index (κ1) is 12.9. The number of carbonyl (C=O) groups excluding carboxylic acids is 1. The lowest BCUT2D eigenvalue weighted by Gasteiger charge is -2.19. The number of carbonyl (C=O) groups is 1. The topological polar surface area (TPSA) is 55.1 Å². The molecule has 5 heteroatoms. The first-order valence-electron chi connectivity index (χ1n) is 4.82. The molecular weight excluding hydrogens is 231 g/mol. The maximum atomic E-state index is 13.1. The van der Waals surface area contributed by atoms with Crippen LogP contribution in [0.4, 0.5) is 4.39 Å². The molecule has 16 heavy (non-hydrogen) atoms. The monoisotopic (exact) mass is 244 g/mol. The molecule has 1 aromatic rings. The predicted octanol–water partition coefficient (Wildman–Crippen LogP) is 1.95. The van der Waals surface area contributed by atoms with Crippen molar-refractivity contribution in [2.75, 3.05) is 6.54 Å². The minimum absolute atomic E-state index is 0.117. The summed E-state index contributed by atoms with van der Waals surface area (Å²) in [6.07, 6.45) is 0. The second-order valence-electron chi connectivity index (χ2n) is 4.27. The highest BCUT2D eigenvalue weighted by atomic mass is 35.5. The molecule has 0 saturated heterocycles. The molecule has 3 N–H and O–H groups in total. The number of hydrogen-bond acceptors (Lipinski definition) is 2. The Morgan fingerprint density at radius 1 is 1.56 bits per heavy atom. The fraction of sp³-hybridized carbons (Fsp3) is 0.364. The number of nitrogens with two attached hydrogens (primary N) is 1. The van der Waals surface area contributed by atoms with Crippen LogP contribution in [0.5, 0.6) is 0 Å². The van der Waals surface area contributed by atoms with Gasteiger partial charge in [-0.25, -0.2) is 4.39 Å². The first-order chi connectivity index (χ1) is 7.31. The largest absolute Gasteiger partial charge is 0.350 e. The van der Waals surface area contributed by atoms with Crippen LogP contribution in [0, 0.1) is 5.82 Å². The van der Waals surface area contributed by atoms with Crippen LogP contribution in [0.1, 0.15) is 24.2 Å². The van der Waals surface area contributed by atoms with Crippen LogP contribution >= 0.6 is 11.6 Å². The van der Waals surface area contributed by atoms with E-state index in [1.54, 1.807) is 13.8 Å². The van der Waals surface area contributed by atoms with Crippen LogP contribution in [-0.4, -0.2) is 18.0 Å². The molecule has 1 aromatic carbocycles. The predicted molar refractivity (Wildman–Crippen MR) is 62.0 cm³/mol. The number of benzene rings is 1. The lowest BCUT2D eigenvalue weighted by atomic mass is 10.1. The van der Waals surface area contributed by atoms with Gasteiger partial charge in [0.25, 0.3) is 5.91 Å². The number of rotatable bonds is 3. The zero-order chi connectivity index (χ0) is 12.3. The third kappa shape index (κ3) is 3.47. The van der Waals surface area contributed by atoms with E-state index in [0.29, 0.717) is 6.54 Å². The van der Waals surface area contributed by atoms with E-state index in [1.807, 2.05) is 0 Å². The van der Waals surface area contributed by atoms with E-state index < -0.39 is 17.3 Å². The third-order valence-corrected chi connectivity index (χ3v) is 2.28. The van der Waals surface area contributed by atoms with E-state index in [0.717, 1.165) is 0 Å². The van der Waals surface area contributed by atoms with Gasteiger partial charge in [-0.15, -0.1) is 0 Å². The van der Waals surface area contributed by atoms with Crippen molar-refractivity contribution in [3.05, 3.63) is 34.6 Å². The summed E-state index contributed by atoms with van der Waals surface area (Å²) in [5.74, 6) is -1.04. The Kier molecular flexibility index (Phi) is 3.88. The molecule has 0 bridgehead atoms. The van der Waals surface area contributed by atoms with Crippen molar-refractivity contribution in [2.45, 2.75) is 19.4 Å². The van der Waals surface area contributed by atoms with Crippen molar-refractivity contribution in [3.8, 4) is 0 Å². The normalized spacial score (nSPS) is 11.3. The molecule has 0 atom stereocenters. The Morgan fingerprint density at radius 3 is 2.75 bits per heavy atom. The van der Waals surface area contributed by atoms with Crippen molar-refractivity contribution >= 4 is 17.5 Å². The van der Waals surface area contributed by atoms with Gasteiger partial charge in [0, 0.05) is 12.1 Å². The molecule has 88 valence electrons. The Morgan fingerprint density at radius 2 is 2.19 bits per heavy atom. The van der Waals surface area contributed by atoms with Gasteiger partial charge in [-0.3, -0.25) is 4.79 Å². The Hall–Kier alpha value is -1.13. The highest BCUT2D eigenvalue weighted by Gasteiger charge is 2.16. The average molecular weight is 245 g/mol. The first-order valence-corrected chi connectivity index (χ1v) is 5.20. The summed E-state index contributed by atoms with van der Waals surface area (Å²) in [6, 6.07) is 4.10. The molecule has 0 aliphatic heterocycles. The zero-order valence-corrected chi connectivity index (χ0v) is 9.94. The molecule has 1 amide bonds. The molecule has 3 nitrogen and oxygen atoms in total. The van der Waals surface area contributed by atoms with E-state index in [2.05, 4.69) is 5.32 Å². The van der Waals surface area contributed by atoms with Crippen LogP contribution in [-0.2, 0) is 0 Å². The van der Waals surface area contributed by atoms with E-state index >= 15 is 0 Å². The van der Waals surface area contributed by atoms with Gasteiger partial charge < -0.3 is 11.1 Å². The van der Waals surface area contributed by atoms with Crippen molar-refractivity contribution in [2.24, 2.45) is 5.73 Å². The summed E-state index contributed by atoms with van der Waals surface area (Å²) < 4.78 is 13.1. The molecule has 0 saturated carbocycles. The smallest absolute Gasteiger partial charge is 0.252 e. The SMILES string of the molecule is CC(C)(N)CNC(=O)c1cccc(F)c1Cl. The van der Waals surface area contributed by atoms with Crippen molar-refractivity contribution < 1.29 is 9.18 Å². The fourth-order valence-electron chi connectivity index (χ4n) is 1.08. The quantitative estimate of drug-likeness (QED) is 0.854. The molecule has 0 radical (unpaired) electrons. The Bertz CT molecular complexity index is 401. The summed E-state index contributed by atoms with van der Waals surface area (Å²) in [6.45, 7) is 3.85. The minimum atomic E-state index is -0.610. The van der Waals surface area contributed by atoms with E-state index in [1.165, 1.54) is 18.2 Å². The van der Waals surface area contributed by atoms with Gasteiger partial charge in [-0.05, 0) is 26.0 Å². The van der Waals surface area contributed by atoms with Crippen LogP contribution < -0.4 is 11.1 Å². The summed E-state index contributed by atoms with van der Waals surface area (Å²) >= 11 is 5.67. The molecule has 0 fully saturated rings. The maximum Gasteiger partial charge on any atom is 0.252 e. The number of nitrogens with one attached hydrogen (secondary N) is 1. The fourth-order valence-corrected chi connectivity index (χ4v) is 1.29. The molecule has 0 heterocycles. The van der Waals surface area contributed by atoms with Crippen molar-refractivity contribution in [1.82, 2.24) is 5.32 Å². The standard InChI is InChI=1S/C11H14ClFN2O/c1-11(2,14)6-15-10(16)7-4-3-5-8(13)9(7)12/h3-5H,6,14H2,1-2H3,(H,15,16). The van der Waals surface area contributed by atoms with E-state index in [-0.39, 0.29) is 10.6 Å². The zero-order valence-electron chi connectivity index (χ0n) is 9.18. The van der Waals surface area contributed by atoms with Gasteiger partial charge in [-0.2, -0.15) is 0 Å². The van der Waals surface area contributed by atoms with Gasteiger partial charge in [0.1, 0.15) is 5.82 Å². The van der Waals surface area contributed by atoms with E-state index in [9.17, 15) is 9.18 Å². The summed E-state index contributed by atoms with van der Waals surface area (Å²) in [7, 11) is 0. The molecule has 0 unspecified atom stereocenters. The highest BCUT2D eigenvalue weighted by molar-refractivity contribution is 6.34. The van der Waals surface area contributed by atoms with Gasteiger partial charge in [0.05, 0.1) is 10.6 Å². The van der Waals surface area contributed by atoms with Crippen LogP contribution in [0.3, 0.4) is 0 Å². The van der Waals surface area contributed by atoms with Crippen LogP contribution in [0.25, 0.3) is 0 Å². The Balaban J connectivity index is 2.78. The molecule has 0 spiro atoms. The molecule has 1 rings (SSSR count). The second-order valence-corrected chi connectivity index (χ2v) is 4.65. The van der Waals surface area contributed by atoms with Gasteiger partial charge in [0.15, 0.2) is 0 Å². The summed E-state index contributed by atoms with van der Waals surface area (Å²) in [5, 5.41) is 2.42. The molecule has 0 aliphatic carbocycles. The maximum absolute atomic E-state index is 13.1. The third-order valence-electron chi connectivity index (χ3n) is 1.90. The van der Waals surface area contributed by atoms with Gasteiger partial charge in [-0.1, -0.05) is 17.7 Å². The lowest BCUT2D eigenvalue weighted by Crippen LogP contribution is -2.45. The number of hydrogen-bond donors (Lipinski definition) is 2. The van der Waals surface area contributed by atoms with Crippen LogP contribution in [0.15, 0.2) is 18.2 Å². The summed E-state index contributed by atoms with van der Waals surface area (Å²) in [4.78, 5) is 11.6. The number of amides is 1. The minimum Gasteiger partial charge on any atom is -0.350 e.